The monoisotopic (exact) mass is 199 g/mol. The van der Waals surface area contributed by atoms with Crippen LogP contribution < -0.4 is 0 Å². The second kappa shape index (κ2) is 6.32. The van der Waals surface area contributed by atoms with E-state index in [9.17, 15) is 9.59 Å². The molecule has 0 heterocycles. The van der Waals surface area contributed by atoms with Gasteiger partial charge in [0.15, 0.2) is 5.78 Å². The van der Waals surface area contributed by atoms with E-state index in [0.717, 1.165) is 0 Å². The molecule has 0 rings (SSSR count). The molecular formula is C10H17NO3. The van der Waals surface area contributed by atoms with E-state index in [1.165, 1.54) is 4.90 Å². The Morgan fingerprint density at radius 1 is 1.50 bits per heavy atom. The summed E-state index contributed by atoms with van der Waals surface area (Å²) in [7, 11) is 3.23. The number of amides is 1. The van der Waals surface area contributed by atoms with Crippen LogP contribution in [-0.2, 0) is 14.3 Å². The average molecular weight is 199 g/mol. The van der Waals surface area contributed by atoms with Gasteiger partial charge >= 0.3 is 0 Å². The van der Waals surface area contributed by atoms with E-state index >= 15 is 0 Å². The molecule has 0 N–H and O–H groups in total. The number of carbonyl (C=O) groups excluding carboxylic acids is 2. The zero-order valence-electron chi connectivity index (χ0n) is 8.95. The van der Waals surface area contributed by atoms with Gasteiger partial charge in [-0.2, -0.15) is 0 Å². The summed E-state index contributed by atoms with van der Waals surface area (Å²) in [5, 5.41) is 0. The van der Waals surface area contributed by atoms with Crippen molar-refractivity contribution in [3.63, 3.8) is 0 Å². The van der Waals surface area contributed by atoms with Crippen molar-refractivity contribution in [2.45, 2.75) is 19.4 Å². The Bertz CT molecular complexity index is 223. The van der Waals surface area contributed by atoms with Crippen LogP contribution >= 0.6 is 0 Å². The van der Waals surface area contributed by atoms with Gasteiger partial charge in [0.2, 0.25) is 5.91 Å². The molecule has 0 aliphatic carbocycles. The molecule has 0 saturated carbocycles. The maximum Gasteiger partial charge on any atom is 0.229 e. The predicted molar refractivity (Wildman–Crippen MR) is 53.9 cm³/mol. The number of Topliss-reactive ketones (excluding diaryl/α,β-unsaturated/α-hetero) is 1. The van der Waals surface area contributed by atoms with E-state index < -0.39 is 0 Å². The zero-order valence-corrected chi connectivity index (χ0v) is 8.95. The number of hydrogen-bond donors (Lipinski definition) is 0. The van der Waals surface area contributed by atoms with Crippen LogP contribution in [0.25, 0.3) is 0 Å². The Morgan fingerprint density at radius 3 is 2.50 bits per heavy atom. The third kappa shape index (κ3) is 5.48. The topological polar surface area (TPSA) is 46.6 Å². The van der Waals surface area contributed by atoms with Gasteiger partial charge in [-0.25, -0.2) is 0 Å². The van der Waals surface area contributed by atoms with Crippen molar-refractivity contribution >= 4 is 11.7 Å². The number of nitrogens with zero attached hydrogens (tertiary/aromatic N) is 1. The second-order valence-electron chi connectivity index (χ2n) is 3.26. The average Bonchev–Trinajstić information content (AvgIpc) is 2.13. The summed E-state index contributed by atoms with van der Waals surface area (Å²) in [5.74, 6) is -0.415. The van der Waals surface area contributed by atoms with Gasteiger partial charge in [0, 0.05) is 14.1 Å². The molecule has 4 heteroatoms. The summed E-state index contributed by atoms with van der Waals surface area (Å²) in [4.78, 5) is 23.7. The van der Waals surface area contributed by atoms with Gasteiger partial charge in [-0.15, -0.1) is 6.58 Å². The molecule has 0 radical (unpaired) electrons. The number of rotatable bonds is 6. The highest BCUT2D eigenvalue weighted by Crippen LogP contribution is 1.95. The van der Waals surface area contributed by atoms with Gasteiger partial charge in [-0.05, 0) is 6.92 Å². The van der Waals surface area contributed by atoms with Crippen molar-refractivity contribution in [3.8, 4) is 0 Å². The van der Waals surface area contributed by atoms with Gasteiger partial charge in [0.1, 0.15) is 6.61 Å². The Kier molecular flexibility index (Phi) is 5.79. The predicted octanol–water partition coefficient (Wildman–Crippen LogP) is 0.625. The SMILES string of the molecule is C=CC(C)OCC(=O)CC(=O)N(C)C. The number of ketones is 1. The summed E-state index contributed by atoms with van der Waals surface area (Å²) in [6.45, 7) is 5.27. The lowest BCUT2D eigenvalue weighted by atomic mass is 10.2. The van der Waals surface area contributed by atoms with E-state index in [1.54, 1.807) is 27.1 Å². The summed E-state index contributed by atoms with van der Waals surface area (Å²) in [6, 6.07) is 0. The second-order valence-corrected chi connectivity index (χ2v) is 3.26. The highest BCUT2D eigenvalue weighted by molar-refractivity contribution is 5.98. The number of hydrogen-bond acceptors (Lipinski definition) is 3. The van der Waals surface area contributed by atoms with Crippen LogP contribution in [0.5, 0.6) is 0 Å². The van der Waals surface area contributed by atoms with Gasteiger partial charge in [-0.3, -0.25) is 9.59 Å². The normalized spacial score (nSPS) is 11.9. The Balaban J connectivity index is 3.76. The number of ether oxygens (including phenoxy) is 1. The van der Waals surface area contributed by atoms with Gasteiger partial charge in [0.25, 0.3) is 0 Å². The largest absolute Gasteiger partial charge is 0.367 e. The molecule has 0 aromatic rings. The number of carbonyl (C=O) groups is 2. The molecule has 14 heavy (non-hydrogen) atoms. The summed E-state index contributed by atoms with van der Waals surface area (Å²) < 4.78 is 5.10. The first kappa shape index (κ1) is 12.8. The van der Waals surface area contributed by atoms with Crippen LogP contribution in [0.3, 0.4) is 0 Å². The highest BCUT2D eigenvalue weighted by atomic mass is 16.5. The molecule has 0 aliphatic rings. The van der Waals surface area contributed by atoms with Gasteiger partial charge in [-0.1, -0.05) is 6.08 Å². The lowest BCUT2D eigenvalue weighted by molar-refractivity contribution is -0.135. The summed E-state index contributed by atoms with van der Waals surface area (Å²) in [6.07, 6.45) is 1.34. The first-order valence-electron chi connectivity index (χ1n) is 4.43. The van der Waals surface area contributed by atoms with Gasteiger partial charge in [0.05, 0.1) is 12.5 Å². The molecule has 0 bridgehead atoms. The molecule has 1 unspecified atom stereocenters. The van der Waals surface area contributed by atoms with E-state index in [1.807, 2.05) is 0 Å². The molecule has 0 saturated heterocycles. The maximum atomic E-state index is 11.2. The molecule has 1 amide bonds. The van der Waals surface area contributed by atoms with Gasteiger partial charge < -0.3 is 9.64 Å². The summed E-state index contributed by atoms with van der Waals surface area (Å²) >= 11 is 0. The third-order valence-electron chi connectivity index (χ3n) is 1.69. The molecule has 0 aromatic carbocycles. The lowest BCUT2D eigenvalue weighted by Gasteiger charge is -2.10. The Labute approximate surface area is 84.5 Å². The van der Waals surface area contributed by atoms with Crippen LogP contribution in [0.1, 0.15) is 13.3 Å². The van der Waals surface area contributed by atoms with Crippen LogP contribution in [0.4, 0.5) is 0 Å². The van der Waals surface area contributed by atoms with E-state index in [4.69, 9.17) is 4.74 Å². The molecule has 4 nitrogen and oxygen atoms in total. The van der Waals surface area contributed by atoms with Crippen molar-refractivity contribution in [3.05, 3.63) is 12.7 Å². The minimum absolute atomic E-state index is 0.0350. The van der Waals surface area contributed by atoms with Crippen molar-refractivity contribution in [2.75, 3.05) is 20.7 Å². The lowest BCUT2D eigenvalue weighted by Crippen LogP contribution is -2.26. The zero-order chi connectivity index (χ0) is 11.1. The smallest absolute Gasteiger partial charge is 0.229 e. The minimum atomic E-state index is -0.211. The molecule has 0 aliphatic heterocycles. The summed E-state index contributed by atoms with van der Waals surface area (Å²) in [5.41, 5.74) is 0. The maximum absolute atomic E-state index is 11.2. The van der Waals surface area contributed by atoms with E-state index in [2.05, 4.69) is 6.58 Å². The molecule has 80 valence electrons. The van der Waals surface area contributed by atoms with Crippen LogP contribution in [0.15, 0.2) is 12.7 Å². The standard InChI is InChI=1S/C10H17NO3/c1-5-8(2)14-7-9(12)6-10(13)11(3)4/h5,8H,1,6-7H2,2-4H3. The van der Waals surface area contributed by atoms with Crippen molar-refractivity contribution in [1.29, 1.82) is 0 Å². The fraction of sp³-hybridized carbons (Fsp3) is 0.600. The van der Waals surface area contributed by atoms with Crippen molar-refractivity contribution in [2.24, 2.45) is 0 Å². The van der Waals surface area contributed by atoms with E-state index in [-0.39, 0.29) is 30.8 Å². The minimum Gasteiger partial charge on any atom is -0.367 e. The van der Waals surface area contributed by atoms with Crippen LogP contribution in [-0.4, -0.2) is 43.4 Å². The first-order chi connectivity index (χ1) is 6.47. The van der Waals surface area contributed by atoms with E-state index in [0.29, 0.717) is 0 Å². The Morgan fingerprint density at radius 2 is 2.07 bits per heavy atom. The van der Waals surface area contributed by atoms with Crippen LogP contribution in [0, 0.1) is 0 Å². The Hall–Kier alpha value is -1.16. The third-order valence-corrected chi connectivity index (χ3v) is 1.69. The molecule has 0 fully saturated rings. The van der Waals surface area contributed by atoms with Crippen LogP contribution in [0.2, 0.25) is 0 Å². The molecular weight excluding hydrogens is 182 g/mol. The fourth-order valence-corrected chi connectivity index (χ4v) is 0.670. The molecule has 0 aromatic heterocycles. The molecule has 1 atom stereocenters. The quantitative estimate of drug-likeness (QED) is 0.465. The van der Waals surface area contributed by atoms with Crippen molar-refractivity contribution in [1.82, 2.24) is 4.90 Å². The fourth-order valence-electron chi connectivity index (χ4n) is 0.670. The highest BCUT2D eigenvalue weighted by Gasteiger charge is 2.11. The molecule has 0 spiro atoms. The first-order valence-corrected chi connectivity index (χ1v) is 4.43. The van der Waals surface area contributed by atoms with Crippen molar-refractivity contribution < 1.29 is 14.3 Å².